The highest BCUT2D eigenvalue weighted by molar-refractivity contribution is 5.79. The molecule has 0 rings (SSSR count). The minimum atomic E-state index is -3.10. The predicted molar refractivity (Wildman–Crippen MR) is 28.1 cm³/mol. The summed E-state index contributed by atoms with van der Waals surface area (Å²) in [5.41, 5.74) is 4.43. The first-order valence-corrected chi connectivity index (χ1v) is 2.17. The van der Waals surface area contributed by atoms with Gasteiger partial charge in [0.2, 0.25) is 0 Å². The van der Waals surface area contributed by atoms with Crippen LogP contribution >= 0.6 is 0 Å². The van der Waals surface area contributed by atoms with Gasteiger partial charge in [0.1, 0.15) is 0 Å². The third-order valence-electron chi connectivity index (χ3n) is 0.853. The number of rotatable bonds is 3. The number of amides is 1. The largest absolute Gasteiger partial charge is 0.520 e. The van der Waals surface area contributed by atoms with Crippen LogP contribution in [-0.4, -0.2) is 29.0 Å². The molecule has 3 N–H and O–H groups in total. The van der Waals surface area contributed by atoms with Crippen molar-refractivity contribution in [1.82, 2.24) is 0 Å². The molecule has 0 saturated heterocycles. The fraction of sp³-hybridized carbons (Fsp3) is 0.667. The van der Waals surface area contributed by atoms with E-state index in [1.54, 1.807) is 0 Å². The molecule has 7 heteroatoms. The summed E-state index contributed by atoms with van der Waals surface area (Å²) in [4.78, 5) is 18.6. The zero-order chi connectivity index (χ0) is 8.36. The normalized spacial score (nSPS) is 15.8. The fourth-order valence-electron chi connectivity index (χ4n) is 0.265. The number of methoxy groups -OCH3 is 1. The molecule has 7 nitrogen and oxygen atoms in total. The second-order valence-electron chi connectivity index (χ2n) is 1.43. The maximum absolute atomic E-state index is 10.1. The molecule has 1 unspecified atom stereocenters. The smallest absolute Gasteiger partial charge is 0.359 e. The van der Waals surface area contributed by atoms with Gasteiger partial charge in [-0.2, -0.15) is 0 Å². The summed E-state index contributed by atoms with van der Waals surface area (Å²) in [6, 6.07) is 0. The minimum absolute atomic E-state index is 0.799. The Bertz CT molecular complexity index is 152. The van der Waals surface area contributed by atoms with Gasteiger partial charge in [0.15, 0.2) is 0 Å². The molecular weight excluding hydrogens is 144 g/mol. The van der Waals surface area contributed by atoms with Gasteiger partial charge in [-0.25, -0.2) is 0 Å². The third-order valence-corrected chi connectivity index (χ3v) is 0.853. The second-order valence-corrected chi connectivity index (χ2v) is 1.43. The Morgan fingerprint density at radius 2 is 2.30 bits per heavy atom. The summed E-state index contributed by atoms with van der Waals surface area (Å²) in [7, 11) is 0.799. The molecule has 0 aliphatic rings. The van der Waals surface area contributed by atoms with E-state index in [-0.39, 0.29) is 0 Å². The van der Waals surface area contributed by atoms with Crippen molar-refractivity contribution in [2.24, 2.45) is 5.73 Å². The standard InChI is InChI=1S/C3H6N2O5/c1-10-3(7,2(4)6)5(8)9/h7H,1H3,(H2,4,6). The Morgan fingerprint density at radius 1 is 1.90 bits per heavy atom. The Balaban J connectivity index is 4.55. The first-order valence-electron chi connectivity index (χ1n) is 2.17. The van der Waals surface area contributed by atoms with Crippen molar-refractivity contribution in [2.75, 3.05) is 7.11 Å². The molecule has 0 spiro atoms. The lowest BCUT2D eigenvalue weighted by Gasteiger charge is -2.11. The first-order chi connectivity index (χ1) is 4.45. The number of carbonyl (C=O) groups excluding carboxylic acids is 1. The van der Waals surface area contributed by atoms with Gasteiger partial charge >= 0.3 is 11.8 Å². The molecule has 0 aliphatic carbocycles. The quantitative estimate of drug-likeness (QED) is 0.275. The van der Waals surface area contributed by atoms with E-state index in [1.807, 2.05) is 0 Å². The monoisotopic (exact) mass is 150 g/mol. The van der Waals surface area contributed by atoms with Gasteiger partial charge in [-0.15, -0.1) is 0 Å². The van der Waals surface area contributed by atoms with E-state index in [9.17, 15) is 14.9 Å². The van der Waals surface area contributed by atoms with Gasteiger partial charge in [0.25, 0.3) is 0 Å². The summed E-state index contributed by atoms with van der Waals surface area (Å²) in [5.74, 6) is -4.65. The zero-order valence-electron chi connectivity index (χ0n) is 5.10. The van der Waals surface area contributed by atoms with E-state index in [2.05, 4.69) is 10.5 Å². The van der Waals surface area contributed by atoms with E-state index in [0.717, 1.165) is 7.11 Å². The van der Waals surface area contributed by atoms with Crippen LogP contribution in [0.1, 0.15) is 0 Å². The summed E-state index contributed by atoms with van der Waals surface area (Å²) >= 11 is 0. The Morgan fingerprint density at radius 3 is 2.30 bits per heavy atom. The first kappa shape index (κ1) is 8.79. The van der Waals surface area contributed by atoms with Gasteiger partial charge in [0, 0.05) is 7.11 Å². The Labute approximate surface area is 55.5 Å². The average molecular weight is 150 g/mol. The van der Waals surface area contributed by atoms with Crippen molar-refractivity contribution >= 4 is 5.91 Å². The van der Waals surface area contributed by atoms with Crippen LogP contribution in [0.2, 0.25) is 0 Å². The van der Waals surface area contributed by atoms with E-state index >= 15 is 0 Å². The molecule has 0 aromatic rings. The lowest BCUT2D eigenvalue weighted by molar-refractivity contribution is -0.662. The highest BCUT2D eigenvalue weighted by Gasteiger charge is 2.48. The van der Waals surface area contributed by atoms with Gasteiger partial charge in [-0.1, -0.05) is 0 Å². The number of ether oxygens (including phenoxy) is 1. The number of primary amides is 1. The average Bonchev–Trinajstić information content (AvgIpc) is 1.85. The van der Waals surface area contributed by atoms with Crippen LogP contribution in [0.3, 0.4) is 0 Å². The number of nitrogens with zero attached hydrogens (tertiary/aromatic N) is 1. The van der Waals surface area contributed by atoms with Crippen LogP contribution in [0.5, 0.6) is 0 Å². The second kappa shape index (κ2) is 2.58. The van der Waals surface area contributed by atoms with E-state index < -0.39 is 16.7 Å². The third kappa shape index (κ3) is 1.20. The molecule has 1 amide bonds. The molecule has 0 heterocycles. The highest BCUT2D eigenvalue weighted by Crippen LogP contribution is 2.03. The van der Waals surface area contributed by atoms with Crippen LogP contribution in [0, 0.1) is 10.1 Å². The Hall–Kier alpha value is -1.21. The van der Waals surface area contributed by atoms with Gasteiger partial charge in [-0.05, 0) is 0 Å². The molecule has 0 aromatic carbocycles. The van der Waals surface area contributed by atoms with Crippen LogP contribution in [0.15, 0.2) is 0 Å². The maximum atomic E-state index is 10.1. The molecule has 0 radical (unpaired) electrons. The van der Waals surface area contributed by atoms with Crippen molar-refractivity contribution in [3.8, 4) is 0 Å². The van der Waals surface area contributed by atoms with E-state index in [4.69, 9.17) is 5.11 Å². The number of nitrogens with two attached hydrogens (primary N) is 1. The lowest BCUT2D eigenvalue weighted by atomic mass is 10.5. The molecule has 0 fully saturated rings. The molecule has 1 atom stereocenters. The topological polar surface area (TPSA) is 116 Å². The number of aliphatic hydroxyl groups is 1. The number of nitro groups is 1. The van der Waals surface area contributed by atoms with E-state index in [0.29, 0.717) is 0 Å². The van der Waals surface area contributed by atoms with Crippen molar-refractivity contribution in [1.29, 1.82) is 0 Å². The summed E-state index contributed by atoms with van der Waals surface area (Å²) < 4.78 is 3.84. The fourth-order valence-corrected chi connectivity index (χ4v) is 0.265. The molecule has 58 valence electrons. The van der Waals surface area contributed by atoms with Gasteiger partial charge < -0.3 is 5.73 Å². The van der Waals surface area contributed by atoms with Crippen molar-refractivity contribution < 1.29 is 19.6 Å². The van der Waals surface area contributed by atoms with Gasteiger partial charge in [0.05, 0.1) is 4.92 Å². The molecule has 0 bridgehead atoms. The molecule has 10 heavy (non-hydrogen) atoms. The predicted octanol–water partition coefficient (Wildman–Crippen LogP) is -1.96. The lowest BCUT2D eigenvalue weighted by Crippen LogP contribution is -2.51. The minimum Gasteiger partial charge on any atom is -0.359 e. The Kier molecular flexibility index (Phi) is 2.27. The molecule has 0 saturated carbocycles. The van der Waals surface area contributed by atoms with Crippen molar-refractivity contribution in [3.05, 3.63) is 10.1 Å². The van der Waals surface area contributed by atoms with Crippen molar-refractivity contribution in [3.63, 3.8) is 0 Å². The SMILES string of the molecule is COC(O)(C(N)=O)[N+](=O)[O-]. The number of carbonyl (C=O) groups is 1. The molecule has 0 aromatic heterocycles. The van der Waals surface area contributed by atoms with Crippen LogP contribution in [0.4, 0.5) is 0 Å². The molecular formula is C3H6N2O5. The molecule has 0 aliphatic heterocycles. The summed E-state index contributed by atoms with van der Waals surface area (Å²) in [5, 5.41) is 18.4. The summed E-state index contributed by atoms with van der Waals surface area (Å²) in [6.07, 6.45) is 0. The van der Waals surface area contributed by atoms with Gasteiger partial charge in [-0.3, -0.25) is 24.8 Å². The highest BCUT2D eigenvalue weighted by atomic mass is 16.8. The maximum Gasteiger partial charge on any atom is 0.520 e. The van der Waals surface area contributed by atoms with Crippen LogP contribution in [0.25, 0.3) is 0 Å². The summed E-state index contributed by atoms with van der Waals surface area (Å²) in [6.45, 7) is 0. The van der Waals surface area contributed by atoms with E-state index in [1.165, 1.54) is 0 Å². The zero-order valence-corrected chi connectivity index (χ0v) is 5.10. The van der Waals surface area contributed by atoms with Crippen LogP contribution in [-0.2, 0) is 9.53 Å². The van der Waals surface area contributed by atoms with Crippen LogP contribution < -0.4 is 5.73 Å². The number of hydrogen-bond acceptors (Lipinski definition) is 5. The van der Waals surface area contributed by atoms with Crippen molar-refractivity contribution in [2.45, 2.75) is 5.91 Å². The number of hydrogen-bond donors (Lipinski definition) is 2.